The van der Waals surface area contributed by atoms with Crippen LogP contribution in [0, 0.1) is 16.3 Å². The van der Waals surface area contributed by atoms with Crippen LogP contribution in [0.25, 0.3) is 6.08 Å². The van der Waals surface area contributed by atoms with E-state index in [1.807, 2.05) is 49.4 Å². The predicted molar refractivity (Wildman–Crippen MR) is 128 cm³/mol. The third-order valence-corrected chi connectivity index (χ3v) is 5.87. The topological polar surface area (TPSA) is 58.6 Å². The van der Waals surface area contributed by atoms with Crippen molar-refractivity contribution >= 4 is 40.6 Å². The summed E-state index contributed by atoms with van der Waals surface area (Å²) in [5, 5.41) is 2.57. The van der Waals surface area contributed by atoms with Crippen molar-refractivity contribution < 1.29 is 18.7 Å². The molecule has 0 spiro atoms. The van der Waals surface area contributed by atoms with E-state index in [0.29, 0.717) is 6.61 Å². The van der Waals surface area contributed by atoms with E-state index in [9.17, 15) is 14.0 Å². The van der Waals surface area contributed by atoms with Crippen molar-refractivity contribution in [3.8, 4) is 5.75 Å². The van der Waals surface area contributed by atoms with Crippen molar-refractivity contribution in [2.24, 2.45) is 0 Å². The van der Waals surface area contributed by atoms with Gasteiger partial charge in [-0.2, -0.15) is 0 Å². The summed E-state index contributed by atoms with van der Waals surface area (Å²) in [6, 6.07) is 19.2. The van der Waals surface area contributed by atoms with Gasteiger partial charge in [-0.1, -0.05) is 54.1 Å². The summed E-state index contributed by atoms with van der Waals surface area (Å²) >= 11 is 2.17. The standard InChI is InChI=1S/C25H20FIN2O3/c1-16-6-8-17(9-7-16)15-32-23-11-10-18(12-21(23)27)13-22-24(30)29(25(31)28-22)14-19-4-2-3-5-20(19)26/h2-13H,14-15H2,1H3,(H,28,31)/b22-13+. The summed E-state index contributed by atoms with van der Waals surface area (Å²) in [4.78, 5) is 26.0. The van der Waals surface area contributed by atoms with Crippen LogP contribution in [-0.2, 0) is 17.9 Å². The molecule has 3 amide bonds. The zero-order valence-corrected chi connectivity index (χ0v) is 19.4. The number of nitrogens with one attached hydrogen (secondary N) is 1. The molecule has 1 fully saturated rings. The molecule has 0 radical (unpaired) electrons. The van der Waals surface area contributed by atoms with Crippen LogP contribution in [0.2, 0.25) is 0 Å². The van der Waals surface area contributed by atoms with Crippen LogP contribution < -0.4 is 10.1 Å². The number of nitrogens with zero attached hydrogens (tertiary/aromatic N) is 1. The summed E-state index contributed by atoms with van der Waals surface area (Å²) in [5.74, 6) is -0.217. The molecule has 1 saturated heterocycles. The van der Waals surface area contributed by atoms with Crippen LogP contribution in [0.4, 0.5) is 9.18 Å². The normalized spacial score (nSPS) is 14.7. The average Bonchev–Trinajstić information content (AvgIpc) is 3.03. The Bertz CT molecular complexity index is 1210. The van der Waals surface area contributed by atoms with Gasteiger partial charge in [0, 0.05) is 5.56 Å². The lowest BCUT2D eigenvalue weighted by atomic mass is 10.1. The minimum absolute atomic E-state index is 0.127. The molecule has 32 heavy (non-hydrogen) atoms. The third-order valence-electron chi connectivity index (χ3n) is 5.03. The molecule has 1 N–H and O–H groups in total. The summed E-state index contributed by atoms with van der Waals surface area (Å²) in [6.45, 7) is 2.37. The number of urea groups is 1. The quantitative estimate of drug-likeness (QED) is 0.258. The van der Waals surface area contributed by atoms with E-state index in [0.717, 1.165) is 25.3 Å². The average molecular weight is 542 g/mol. The summed E-state index contributed by atoms with van der Waals surface area (Å²) in [7, 11) is 0. The number of ether oxygens (including phenoxy) is 1. The maximum absolute atomic E-state index is 13.9. The van der Waals surface area contributed by atoms with Gasteiger partial charge >= 0.3 is 6.03 Å². The molecule has 0 unspecified atom stereocenters. The fourth-order valence-electron chi connectivity index (χ4n) is 3.25. The van der Waals surface area contributed by atoms with Gasteiger partial charge in [0.15, 0.2) is 0 Å². The van der Waals surface area contributed by atoms with Gasteiger partial charge in [0.25, 0.3) is 5.91 Å². The Kier molecular flexibility index (Phi) is 6.55. The van der Waals surface area contributed by atoms with E-state index in [4.69, 9.17) is 4.74 Å². The lowest BCUT2D eigenvalue weighted by Crippen LogP contribution is -2.30. The fourth-order valence-corrected chi connectivity index (χ4v) is 3.94. The predicted octanol–water partition coefficient (Wildman–Crippen LogP) is 5.41. The second-order valence-corrected chi connectivity index (χ2v) is 8.60. The number of hydrogen-bond donors (Lipinski definition) is 1. The first-order valence-electron chi connectivity index (χ1n) is 9.96. The van der Waals surface area contributed by atoms with Crippen molar-refractivity contribution in [2.75, 3.05) is 0 Å². The number of carbonyl (C=O) groups excluding carboxylic acids is 2. The Labute approximate surface area is 199 Å². The molecule has 0 bridgehead atoms. The largest absolute Gasteiger partial charge is 0.488 e. The summed E-state index contributed by atoms with van der Waals surface area (Å²) in [5.41, 5.74) is 3.44. The van der Waals surface area contributed by atoms with E-state index < -0.39 is 17.8 Å². The van der Waals surface area contributed by atoms with Gasteiger partial charge in [0.2, 0.25) is 0 Å². The molecule has 3 aromatic rings. The second-order valence-electron chi connectivity index (χ2n) is 7.44. The molecule has 4 rings (SSSR count). The Balaban J connectivity index is 1.45. The zero-order valence-electron chi connectivity index (χ0n) is 17.3. The maximum Gasteiger partial charge on any atom is 0.329 e. The molecular weight excluding hydrogens is 522 g/mol. The molecule has 1 aliphatic heterocycles. The fraction of sp³-hybridized carbons (Fsp3) is 0.120. The van der Waals surface area contributed by atoms with Crippen molar-refractivity contribution in [1.82, 2.24) is 10.2 Å². The third kappa shape index (κ3) is 4.99. The van der Waals surface area contributed by atoms with Crippen LogP contribution in [0.5, 0.6) is 5.75 Å². The molecule has 0 aromatic heterocycles. The highest BCUT2D eigenvalue weighted by molar-refractivity contribution is 14.1. The molecule has 3 aromatic carbocycles. The van der Waals surface area contributed by atoms with Crippen LogP contribution in [0.1, 0.15) is 22.3 Å². The van der Waals surface area contributed by atoms with E-state index >= 15 is 0 Å². The minimum atomic E-state index is -0.572. The highest BCUT2D eigenvalue weighted by atomic mass is 127. The molecular formula is C25H20FIN2O3. The van der Waals surface area contributed by atoms with Gasteiger partial charge in [0.1, 0.15) is 23.9 Å². The molecule has 1 heterocycles. The van der Waals surface area contributed by atoms with Gasteiger partial charge in [-0.25, -0.2) is 9.18 Å². The van der Waals surface area contributed by atoms with Crippen LogP contribution in [0.15, 0.2) is 72.4 Å². The van der Waals surface area contributed by atoms with Crippen molar-refractivity contribution in [3.63, 3.8) is 0 Å². The van der Waals surface area contributed by atoms with Crippen LogP contribution in [-0.4, -0.2) is 16.8 Å². The Morgan fingerprint density at radius 3 is 2.53 bits per heavy atom. The first-order chi connectivity index (χ1) is 15.4. The van der Waals surface area contributed by atoms with Gasteiger partial charge < -0.3 is 10.1 Å². The number of benzene rings is 3. The zero-order chi connectivity index (χ0) is 22.7. The van der Waals surface area contributed by atoms with E-state index in [1.54, 1.807) is 24.3 Å². The van der Waals surface area contributed by atoms with Gasteiger partial charge in [-0.3, -0.25) is 9.69 Å². The number of imide groups is 1. The Morgan fingerprint density at radius 2 is 1.81 bits per heavy atom. The highest BCUT2D eigenvalue weighted by Gasteiger charge is 2.34. The highest BCUT2D eigenvalue weighted by Crippen LogP contribution is 2.25. The monoisotopic (exact) mass is 542 g/mol. The van der Waals surface area contributed by atoms with Crippen molar-refractivity contribution in [2.45, 2.75) is 20.1 Å². The van der Waals surface area contributed by atoms with Gasteiger partial charge in [-0.05, 0) is 64.9 Å². The number of amides is 3. The first-order valence-corrected chi connectivity index (χ1v) is 11.0. The molecule has 162 valence electrons. The summed E-state index contributed by atoms with van der Waals surface area (Å²) in [6.07, 6.45) is 1.60. The lowest BCUT2D eigenvalue weighted by Gasteiger charge is -2.12. The molecule has 1 aliphatic rings. The first kappa shape index (κ1) is 22.0. The van der Waals surface area contributed by atoms with Gasteiger partial charge in [-0.15, -0.1) is 0 Å². The second kappa shape index (κ2) is 9.52. The smallest absolute Gasteiger partial charge is 0.329 e. The Morgan fingerprint density at radius 1 is 1.06 bits per heavy atom. The molecule has 0 atom stereocenters. The van der Waals surface area contributed by atoms with E-state index in [2.05, 4.69) is 27.9 Å². The number of rotatable bonds is 6. The van der Waals surface area contributed by atoms with E-state index in [-0.39, 0.29) is 17.8 Å². The molecule has 0 aliphatic carbocycles. The number of carbonyl (C=O) groups is 2. The Hall–Kier alpha value is -3.20. The van der Waals surface area contributed by atoms with E-state index in [1.165, 1.54) is 11.6 Å². The summed E-state index contributed by atoms with van der Waals surface area (Å²) < 4.78 is 20.7. The lowest BCUT2D eigenvalue weighted by molar-refractivity contribution is -0.123. The van der Waals surface area contributed by atoms with Crippen LogP contribution in [0.3, 0.4) is 0 Å². The minimum Gasteiger partial charge on any atom is -0.488 e. The van der Waals surface area contributed by atoms with Crippen molar-refractivity contribution in [3.05, 3.63) is 104 Å². The molecule has 0 saturated carbocycles. The molecule has 7 heteroatoms. The number of hydrogen-bond acceptors (Lipinski definition) is 3. The molecule has 5 nitrogen and oxygen atoms in total. The number of aryl methyl sites for hydroxylation is 1. The van der Waals surface area contributed by atoms with Gasteiger partial charge in [0.05, 0.1) is 10.1 Å². The number of halogens is 2. The maximum atomic E-state index is 13.9. The van der Waals surface area contributed by atoms with Crippen LogP contribution >= 0.6 is 22.6 Å². The van der Waals surface area contributed by atoms with Crippen molar-refractivity contribution in [1.29, 1.82) is 0 Å². The SMILES string of the molecule is Cc1ccc(COc2ccc(/C=C3/NC(=O)N(Cc4ccccc4F)C3=O)cc2I)cc1.